The quantitative estimate of drug-likeness (QED) is 0.915. The maximum absolute atomic E-state index is 12.2. The largest absolute Gasteiger partial charge is 0.433 e. The summed E-state index contributed by atoms with van der Waals surface area (Å²) >= 11 is 0. The Kier molecular flexibility index (Phi) is 4.29. The number of halogens is 2. The van der Waals surface area contributed by atoms with Crippen molar-refractivity contribution in [1.29, 1.82) is 0 Å². The number of amides is 1. The first-order valence-electron chi connectivity index (χ1n) is 5.87. The number of hydrogen-bond acceptors (Lipinski definition) is 3. The van der Waals surface area contributed by atoms with Gasteiger partial charge in [-0.05, 0) is 19.1 Å². The van der Waals surface area contributed by atoms with Crippen LogP contribution in [0.25, 0.3) is 0 Å². The fourth-order valence-electron chi connectivity index (χ4n) is 1.68. The van der Waals surface area contributed by atoms with Gasteiger partial charge in [-0.25, -0.2) is 4.98 Å². The molecule has 0 spiro atoms. The lowest BCUT2D eigenvalue weighted by Gasteiger charge is -2.12. The molecule has 0 saturated heterocycles. The number of para-hydroxylation sites is 2. The Morgan fingerprint density at radius 1 is 1.45 bits per heavy atom. The number of carbonyl (C=O) groups is 1. The van der Waals surface area contributed by atoms with E-state index >= 15 is 0 Å². The van der Waals surface area contributed by atoms with E-state index in [1.54, 1.807) is 36.0 Å². The normalized spacial score (nSPS) is 10.6. The molecular formula is C13H13F2N3O2. The summed E-state index contributed by atoms with van der Waals surface area (Å²) in [6.07, 6.45) is 3.24. The van der Waals surface area contributed by atoms with Crippen molar-refractivity contribution < 1.29 is 18.3 Å². The van der Waals surface area contributed by atoms with Gasteiger partial charge in [-0.1, -0.05) is 12.1 Å². The molecule has 1 N–H and O–H groups in total. The number of aryl methyl sites for hydroxylation is 1. The Labute approximate surface area is 114 Å². The van der Waals surface area contributed by atoms with Crippen molar-refractivity contribution >= 4 is 11.6 Å². The number of aromatic nitrogens is 2. The van der Waals surface area contributed by atoms with Crippen molar-refractivity contribution in [2.75, 3.05) is 5.32 Å². The standard InChI is InChI=1S/C13H13F2N3O2/c1-9-16-6-7-18(9)8-12(19)17-10-4-2-3-5-11(10)20-13(14)15/h2-7,13H,8H2,1H3,(H,17,19). The smallest absolute Gasteiger partial charge is 0.387 e. The van der Waals surface area contributed by atoms with Crippen LogP contribution in [0, 0.1) is 6.92 Å². The number of benzene rings is 1. The lowest BCUT2D eigenvalue weighted by atomic mass is 10.3. The molecule has 1 aromatic carbocycles. The van der Waals surface area contributed by atoms with Crippen LogP contribution >= 0.6 is 0 Å². The minimum atomic E-state index is -2.94. The summed E-state index contributed by atoms with van der Waals surface area (Å²) in [5, 5.41) is 2.54. The van der Waals surface area contributed by atoms with Crippen LogP contribution in [0.2, 0.25) is 0 Å². The second-order valence-electron chi connectivity index (χ2n) is 4.03. The van der Waals surface area contributed by atoms with Crippen LogP contribution in [-0.4, -0.2) is 22.1 Å². The third-order valence-corrected chi connectivity index (χ3v) is 2.61. The van der Waals surface area contributed by atoms with E-state index in [1.807, 2.05) is 0 Å². The highest BCUT2D eigenvalue weighted by atomic mass is 19.3. The van der Waals surface area contributed by atoms with Gasteiger partial charge in [-0.15, -0.1) is 0 Å². The second kappa shape index (κ2) is 6.14. The van der Waals surface area contributed by atoms with Crippen molar-refractivity contribution in [3.63, 3.8) is 0 Å². The van der Waals surface area contributed by atoms with Crippen molar-refractivity contribution in [2.45, 2.75) is 20.1 Å². The van der Waals surface area contributed by atoms with Crippen LogP contribution in [0.5, 0.6) is 5.75 Å². The van der Waals surface area contributed by atoms with E-state index in [4.69, 9.17) is 0 Å². The van der Waals surface area contributed by atoms with Gasteiger partial charge in [-0.2, -0.15) is 8.78 Å². The van der Waals surface area contributed by atoms with Crippen molar-refractivity contribution in [3.8, 4) is 5.75 Å². The zero-order valence-corrected chi connectivity index (χ0v) is 10.7. The topological polar surface area (TPSA) is 56.2 Å². The molecule has 0 unspecified atom stereocenters. The lowest BCUT2D eigenvalue weighted by Crippen LogP contribution is -2.19. The van der Waals surface area contributed by atoms with E-state index in [-0.39, 0.29) is 23.9 Å². The second-order valence-corrected chi connectivity index (χ2v) is 4.03. The molecule has 0 radical (unpaired) electrons. The number of imidazole rings is 1. The number of rotatable bonds is 5. The van der Waals surface area contributed by atoms with Gasteiger partial charge < -0.3 is 14.6 Å². The number of alkyl halides is 2. The van der Waals surface area contributed by atoms with Gasteiger partial charge in [0.15, 0.2) is 0 Å². The van der Waals surface area contributed by atoms with E-state index < -0.39 is 6.61 Å². The molecule has 0 bridgehead atoms. The molecule has 2 aromatic rings. The van der Waals surface area contributed by atoms with Crippen LogP contribution < -0.4 is 10.1 Å². The fourth-order valence-corrected chi connectivity index (χ4v) is 1.68. The number of nitrogens with zero attached hydrogens (tertiary/aromatic N) is 2. The number of nitrogens with one attached hydrogen (secondary N) is 1. The summed E-state index contributed by atoms with van der Waals surface area (Å²) in [4.78, 5) is 15.9. The fraction of sp³-hybridized carbons (Fsp3) is 0.231. The summed E-state index contributed by atoms with van der Waals surface area (Å²) in [6, 6.07) is 6.03. The summed E-state index contributed by atoms with van der Waals surface area (Å²) in [7, 11) is 0. The van der Waals surface area contributed by atoms with Crippen molar-refractivity contribution in [3.05, 3.63) is 42.5 Å². The van der Waals surface area contributed by atoms with E-state index in [2.05, 4.69) is 15.0 Å². The predicted octanol–water partition coefficient (Wildman–Crippen LogP) is 2.43. The van der Waals surface area contributed by atoms with Gasteiger partial charge in [0.2, 0.25) is 5.91 Å². The van der Waals surface area contributed by atoms with Crippen LogP contribution in [0.15, 0.2) is 36.7 Å². The van der Waals surface area contributed by atoms with Crippen LogP contribution in [-0.2, 0) is 11.3 Å². The SMILES string of the molecule is Cc1nccn1CC(=O)Nc1ccccc1OC(F)F. The van der Waals surface area contributed by atoms with Crippen molar-refractivity contribution in [1.82, 2.24) is 9.55 Å². The summed E-state index contributed by atoms with van der Waals surface area (Å²) in [5.74, 6) is 0.270. The Morgan fingerprint density at radius 3 is 2.85 bits per heavy atom. The number of anilines is 1. The van der Waals surface area contributed by atoms with Gasteiger partial charge in [0.1, 0.15) is 18.1 Å². The Bertz CT molecular complexity index is 599. The molecule has 106 valence electrons. The van der Waals surface area contributed by atoms with Crippen LogP contribution in [0.4, 0.5) is 14.5 Å². The molecule has 5 nitrogen and oxygen atoms in total. The van der Waals surface area contributed by atoms with Gasteiger partial charge in [0.25, 0.3) is 0 Å². The maximum atomic E-state index is 12.2. The van der Waals surface area contributed by atoms with E-state index in [1.165, 1.54) is 12.1 Å². The molecule has 2 rings (SSSR count). The molecule has 20 heavy (non-hydrogen) atoms. The van der Waals surface area contributed by atoms with Gasteiger partial charge in [0.05, 0.1) is 5.69 Å². The first-order valence-corrected chi connectivity index (χ1v) is 5.87. The molecule has 0 aliphatic rings. The number of ether oxygens (including phenoxy) is 1. The molecular weight excluding hydrogens is 268 g/mol. The van der Waals surface area contributed by atoms with Crippen molar-refractivity contribution in [2.24, 2.45) is 0 Å². The van der Waals surface area contributed by atoms with E-state index in [0.29, 0.717) is 5.82 Å². The van der Waals surface area contributed by atoms with E-state index in [0.717, 1.165) is 0 Å². The lowest BCUT2D eigenvalue weighted by molar-refractivity contribution is -0.116. The molecule has 0 atom stereocenters. The third kappa shape index (κ3) is 3.53. The Balaban J connectivity index is 2.06. The average Bonchev–Trinajstić information content (AvgIpc) is 2.77. The van der Waals surface area contributed by atoms with Gasteiger partial charge in [-0.3, -0.25) is 4.79 Å². The van der Waals surface area contributed by atoms with Crippen LogP contribution in [0.3, 0.4) is 0 Å². The highest BCUT2D eigenvalue weighted by molar-refractivity contribution is 5.92. The van der Waals surface area contributed by atoms with E-state index in [9.17, 15) is 13.6 Å². The Hall–Kier alpha value is -2.44. The van der Waals surface area contributed by atoms with Gasteiger partial charge >= 0.3 is 6.61 Å². The third-order valence-electron chi connectivity index (χ3n) is 2.61. The molecule has 0 saturated carbocycles. The molecule has 7 heteroatoms. The molecule has 0 fully saturated rings. The molecule has 0 aliphatic heterocycles. The highest BCUT2D eigenvalue weighted by Gasteiger charge is 2.12. The average molecular weight is 281 g/mol. The summed E-state index contributed by atoms with van der Waals surface area (Å²) < 4.78 is 30.5. The monoisotopic (exact) mass is 281 g/mol. The summed E-state index contributed by atoms with van der Waals surface area (Å²) in [6.45, 7) is -1.13. The first kappa shape index (κ1) is 14.0. The highest BCUT2D eigenvalue weighted by Crippen LogP contribution is 2.25. The number of carbonyl (C=O) groups excluding carboxylic acids is 1. The minimum Gasteiger partial charge on any atom is -0.433 e. The van der Waals surface area contributed by atoms with Gasteiger partial charge in [0, 0.05) is 12.4 Å². The molecule has 1 heterocycles. The van der Waals surface area contributed by atoms with Crippen LogP contribution in [0.1, 0.15) is 5.82 Å². The minimum absolute atomic E-state index is 0.0504. The first-order chi connectivity index (χ1) is 9.56. The molecule has 1 aromatic heterocycles. The molecule has 0 aliphatic carbocycles. The maximum Gasteiger partial charge on any atom is 0.387 e. The molecule has 1 amide bonds. The zero-order valence-electron chi connectivity index (χ0n) is 10.7. The Morgan fingerprint density at radius 2 is 2.20 bits per heavy atom. The predicted molar refractivity (Wildman–Crippen MR) is 68.7 cm³/mol. The summed E-state index contributed by atoms with van der Waals surface area (Å²) in [5.41, 5.74) is 0.204. The zero-order chi connectivity index (χ0) is 14.5. The number of hydrogen-bond donors (Lipinski definition) is 1.